The Kier molecular flexibility index (Phi) is 10.5. The van der Waals surface area contributed by atoms with Crippen molar-refractivity contribution in [2.24, 2.45) is 0 Å². The average Bonchev–Trinajstić information content (AvgIpc) is 2.93. The fourth-order valence-corrected chi connectivity index (χ4v) is 13.0. The first-order chi connectivity index (χ1) is 14.3. The summed E-state index contributed by atoms with van der Waals surface area (Å²) in [6.45, 7) is 11.7. The van der Waals surface area contributed by atoms with Crippen molar-refractivity contribution in [3.63, 3.8) is 0 Å². The van der Waals surface area contributed by atoms with Crippen LogP contribution in [-0.2, 0) is 20.4 Å². The normalized spacial score (nSPS) is 17.8. The molecule has 0 amide bonds. The van der Waals surface area contributed by atoms with E-state index in [0.717, 1.165) is 0 Å². The van der Waals surface area contributed by atoms with Crippen molar-refractivity contribution in [1.29, 1.82) is 0 Å². The maximum atomic E-state index is 2.52. The number of halogens is 3. The number of aryl methyl sites for hydroxylation is 1. The van der Waals surface area contributed by atoms with Gasteiger partial charge in [0.15, 0.2) is 0 Å². The molecule has 0 aromatic heterocycles. The average molecular weight is 548 g/mol. The number of allylic oxidation sites excluding steroid dienone is 4. The zero-order valence-electron chi connectivity index (χ0n) is 19.7. The van der Waals surface area contributed by atoms with Gasteiger partial charge in [-0.05, 0) is 0 Å². The molecule has 0 fully saturated rings. The molecule has 170 valence electrons. The van der Waals surface area contributed by atoms with E-state index in [4.69, 9.17) is 0 Å². The second kappa shape index (κ2) is 11.6. The minimum absolute atomic E-state index is 0. The molecule has 4 rings (SSSR count). The van der Waals surface area contributed by atoms with Crippen LogP contribution in [-0.4, -0.2) is 8.07 Å². The fourth-order valence-electron chi connectivity index (χ4n) is 5.42. The Morgan fingerprint density at radius 2 is 0.970 bits per heavy atom. The summed E-state index contributed by atoms with van der Waals surface area (Å²) in [4.78, 5) is 0. The predicted molar refractivity (Wildman–Crippen MR) is 128 cm³/mol. The summed E-state index contributed by atoms with van der Waals surface area (Å²) in [6.07, 6.45) is 0. The SMILES string of the molecule is CC1=C(C)C(C)([Si](c2ccccc2)(c2ccccc2)c2ccc(C)cc2)[C]([Ti+3])=C1C.[Cl-].[Cl-].[Cl-]. The molecular weight excluding hydrogens is 519 g/mol. The van der Waals surface area contributed by atoms with Gasteiger partial charge in [-0.2, -0.15) is 0 Å². The monoisotopic (exact) mass is 546 g/mol. The smallest absolute Gasteiger partial charge is 1.00 e. The second-order valence-corrected chi connectivity index (χ2v) is 13.7. The van der Waals surface area contributed by atoms with Crippen LogP contribution in [0.15, 0.2) is 106 Å². The molecule has 0 saturated carbocycles. The van der Waals surface area contributed by atoms with Gasteiger partial charge in [-0.25, -0.2) is 0 Å². The molecule has 3 aromatic carbocycles. The third-order valence-corrected chi connectivity index (χ3v) is 14.9. The molecule has 0 saturated heterocycles. The van der Waals surface area contributed by atoms with E-state index in [1.54, 1.807) is 0 Å². The Balaban J connectivity index is 0.00000181. The number of hydrogen-bond acceptors (Lipinski definition) is 0. The van der Waals surface area contributed by atoms with Gasteiger partial charge in [0.05, 0.1) is 0 Å². The number of hydrogen-bond donors (Lipinski definition) is 0. The van der Waals surface area contributed by atoms with Gasteiger partial charge in [0.2, 0.25) is 0 Å². The van der Waals surface area contributed by atoms with Crippen LogP contribution in [0.3, 0.4) is 0 Å². The molecule has 33 heavy (non-hydrogen) atoms. The van der Waals surface area contributed by atoms with Crippen LogP contribution in [0.5, 0.6) is 0 Å². The zero-order chi connectivity index (χ0) is 21.5. The number of benzene rings is 3. The fraction of sp³-hybridized carbons (Fsp3) is 0.214. The second-order valence-electron chi connectivity index (χ2n) is 8.72. The predicted octanol–water partition coefficient (Wildman–Crippen LogP) is -3.59. The van der Waals surface area contributed by atoms with Gasteiger partial charge in [0.1, 0.15) is 0 Å². The van der Waals surface area contributed by atoms with E-state index in [2.05, 4.69) is 140 Å². The maximum Gasteiger partial charge on any atom is -1.00 e. The molecule has 0 aliphatic heterocycles. The van der Waals surface area contributed by atoms with E-state index in [9.17, 15) is 0 Å². The first kappa shape index (κ1) is 30.0. The van der Waals surface area contributed by atoms with Crippen molar-refractivity contribution in [3.05, 3.63) is 111 Å². The van der Waals surface area contributed by atoms with E-state index in [1.807, 2.05) is 0 Å². The largest absolute Gasteiger partial charge is 1.00 e. The van der Waals surface area contributed by atoms with Crippen LogP contribution in [0.4, 0.5) is 0 Å². The first-order valence-electron chi connectivity index (χ1n) is 10.6. The van der Waals surface area contributed by atoms with Crippen molar-refractivity contribution in [2.75, 3.05) is 0 Å². The Hall–Kier alpha value is -1.06. The molecule has 0 N–H and O–H groups in total. The van der Waals surface area contributed by atoms with Gasteiger partial charge >= 0.3 is 195 Å². The quantitative estimate of drug-likeness (QED) is 0.234. The molecule has 1 aliphatic rings. The van der Waals surface area contributed by atoms with Crippen LogP contribution >= 0.6 is 0 Å². The van der Waals surface area contributed by atoms with Gasteiger partial charge in [0, 0.05) is 0 Å². The summed E-state index contributed by atoms with van der Waals surface area (Å²) in [5, 5.41) is 4.40. The summed E-state index contributed by atoms with van der Waals surface area (Å²) in [6, 6.07) is 32.0. The summed E-state index contributed by atoms with van der Waals surface area (Å²) < 4.78 is 1.53. The Morgan fingerprint density at radius 1 is 0.576 bits per heavy atom. The van der Waals surface area contributed by atoms with Crippen LogP contribution in [0.25, 0.3) is 0 Å². The molecule has 3 aromatic rings. The minimum atomic E-state index is -2.46. The molecule has 1 aliphatic carbocycles. The van der Waals surface area contributed by atoms with Crippen molar-refractivity contribution in [3.8, 4) is 0 Å². The van der Waals surface area contributed by atoms with Crippen molar-refractivity contribution >= 4 is 23.6 Å². The topological polar surface area (TPSA) is 0 Å². The molecule has 0 nitrogen and oxygen atoms in total. The molecule has 0 heterocycles. The molecule has 1 atom stereocenters. The van der Waals surface area contributed by atoms with Gasteiger partial charge < -0.3 is 37.2 Å². The van der Waals surface area contributed by atoms with Crippen LogP contribution in [0.2, 0.25) is 5.04 Å². The summed E-state index contributed by atoms with van der Waals surface area (Å²) >= 11 is 2.37. The maximum absolute atomic E-state index is 2.52. The van der Waals surface area contributed by atoms with Crippen molar-refractivity contribution in [2.45, 2.75) is 39.7 Å². The molecule has 0 spiro atoms. The van der Waals surface area contributed by atoms with E-state index in [-0.39, 0.29) is 42.3 Å². The summed E-state index contributed by atoms with van der Waals surface area (Å²) in [5.41, 5.74) is 5.76. The van der Waals surface area contributed by atoms with Gasteiger partial charge in [0.25, 0.3) is 0 Å². The zero-order valence-corrected chi connectivity index (χ0v) is 24.5. The Labute approximate surface area is 230 Å². The van der Waals surface area contributed by atoms with E-state index in [1.165, 1.54) is 41.7 Å². The van der Waals surface area contributed by atoms with Gasteiger partial charge in [-0.15, -0.1) is 0 Å². The molecule has 0 radical (unpaired) electrons. The number of rotatable bonds is 4. The molecule has 1 unspecified atom stereocenters. The van der Waals surface area contributed by atoms with Crippen LogP contribution in [0.1, 0.15) is 33.3 Å². The van der Waals surface area contributed by atoms with Crippen LogP contribution < -0.4 is 52.8 Å². The van der Waals surface area contributed by atoms with Crippen LogP contribution in [0, 0.1) is 6.92 Å². The van der Waals surface area contributed by atoms with Crippen molar-refractivity contribution < 1.29 is 57.7 Å². The van der Waals surface area contributed by atoms with E-state index < -0.39 is 8.07 Å². The first-order valence-corrected chi connectivity index (χ1v) is 13.4. The summed E-state index contributed by atoms with van der Waals surface area (Å²) in [5.74, 6) is 0. The standard InChI is InChI=1S/C28H29Si.3ClH.Ti/c1-21-16-18-27(19-17-21)29(25-12-8-6-9-13-25,26-14-10-7-11-15-26)28(5)20-22(2)23(3)24(28)4;;;;/h6-19H,1-5H3;3*1H;/q;;;;+3/p-3. The van der Waals surface area contributed by atoms with E-state index in [0.29, 0.717) is 0 Å². The van der Waals surface area contributed by atoms with Gasteiger partial charge in [-0.3, -0.25) is 0 Å². The minimum Gasteiger partial charge on any atom is -1.00 e. The third-order valence-electron chi connectivity index (χ3n) is 7.40. The molecule has 5 heteroatoms. The molecular formula is C28H29Cl3SiTi. The Morgan fingerprint density at radius 3 is 1.33 bits per heavy atom. The third kappa shape index (κ3) is 4.49. The molecule has 0 bridgehead atoms. The van der Waals surface area contributed by atoms with E-state index >= 15 is 0 Å². The van der Waals surface area contributed by atoms with Gasteiger partial charge in [-0.1, -0.05) is 0 Å². The van der Waals surface area contributed by atoms with Crippen molar-refractivity contribution in [1.82, 2.24) is 0 Å². The Bertz CT molecular complexity index is 1070. The summed E-state index contributed by atoms with van der Waals surface area (Å²) in [7, 11) is -2.46.